The maximum atomic E-state index is 6.03. The Balaban J connectivity index is 2.11. The van der Waals surface area contributed by atoms with E-state index in [4.69, 9.17) is 5.73 Å². The maximum absolute atomic E-state index is 6.03. The van der Waals surface area contributed by atoms with E-state index in [0.29, 0.717) is 17.2 Å². The van der Waals surface area contributed by atoms with Crippen LogP contribution in [0.15, 0.2) is 6.07 Å². The summed E-state index contributed by atoms with van der Waals surface area (Å²) in [6.07, 6.45) is 2.20. The number of rotatable bonds is 2. The summed E-state index contributed by atoms with van der Waals surface area (Å²) in [6, 6.07) is 2.12. The molecule has 0 bridgehead atoms. The fourth-order valence-electron chi connectivity index (χ4n) is 2.25. The van der Waals surface area contributed by atoms with Crippen LogP contribution in [-0.2, 0) is 6.42 Å². The van der Waals surface area contributed by atoms with E-state index in [1.54, 1.807) is 11.3 Å². The molecule has 0 radical (unpaired) electrons. The van der Waals surface area contributed by atoms with Gasteiger partial charge in [-0.2, -0.15) is 0 Å². The van der Waals surface area contributed by atoms with Gasteiger partial charge in [0, 0.05) is 10.8 Å². The largest absolute Gasteiger partial charge is 0.383 e. The Hall–Kier alpha value is -1.16. The highest BCUT2D eigenvalue weighted by atomic mass is 32.1. The number of nitrogens with zero attached hydrogens (tertiary/aromatic N) is 2. The minimum Gasteiger partial charge on any atom is -0.383 e. The molecule has 1 unspecified atom stereocenters. The first kappa shape index (κ1) is 11.0. The van der Waals surface area contributed by atoms with Gasteiger partial charge < -0.3 is 5.73 Å². The quantitative estimate of drug-likeness (QED) is 0.885. The first-order chi connectivity index (χ1) is 8.01. The van der Waals surface area contributed by atoms with E-state index in [-0.39, 0.29) is 0 Å². The minimum atomic E-state index is 0.352. The minimum absolute atomic E-state index is 0.352. The number of anilines is 1. The molecular formula is C13H17N3S. The number of hydrogen-bond acceptors (Lipinski definition) is 4. The molecule has 2 aromatic rings. The monoisotopic (exact) mass is 247 g/mol. The van der Waals surface area contributed by atoms with Gasteiger partial charge >= 0.3 is 0 Å². The van der Waals surface area contributed by atoms with Crippen LogP contribution < -0.4 is 5.73 Å². The Morgan fingerprint density at radius 3 is 2.76 bits per heavy atom. The van der Waals surface area contributed by atoms with Crippen molar-refractivity contribution in [2.45, 2.75) is 39.5 Å². The van der Waals surface area contributed by atoms with E-state index in [0.717, 1.165) is 22.5 Å². The summed E-state index contributed by atoms with van der Waals surface area (Å²) in [5.41, 5.74) is 6.39. The Kier molecular flexibility index (Phi) is 2.20. The first-order valence-electron chi connectivity index (χ1n) is 6.07. The van der Waals surface area contributed by atoms with Crippen LogP contribution in [0.1, 0.15) is 43.8 Å². The van der Waals surface area contributed by atoms with Gasteiger partial charge in [-0.05, 0) is 24.3 Å². The number of nitrogens with two attached hydrogens (primary N) is 1. The van der Waals surface area contributed by atoms with Crippen LogP contribution in [0.4, 0.5) is 5.82 Å². The lowest BCUT2D eigenvalue weighted by atomic mass is 10.1. The van der Waals surface area contributed by atoms with E-state index < -0.39 is 0 Å². The molecular weight excluding hydrogens is 230 g/mol. The van der Waals surface area contributed by atoms with Gasteiger partial charge in [-0.3, -0.25) is 0 Å². The van der Waals surface area contributed by atoms with Crippen LogP contribution in [0.2, 0.25) is 0 Å². The van der Waals surface area contributed by atoms with E-state index in [9.17, 15) is 0 Å². The van der Waals surface area contributed by atoms with Crippen molar-refractivity contribution in [1.82, 2.24) is 9.97 Å². The van der Waals surface area contributed by atoms with Crippen LogP contribution in [0.5, 0.6) is 0 Å². The lowest BCUT2D eigenvalue weighted by Crippen LogP contribution is -2.00. The summed E-state index contributed by atoms with van der Waals surface area (Å²) < 4.78 is 0. The third kappa shape index (κ3) is 1.71. The molecule has 3 rings (SSSR count). The average Bonchev–Trinajstić information content (AvgIpc) is 2.75. The van der Waals surface area contributed by atoms with Gasteiger partial charge in [0.1, 0.15) is 16.5 Å². The normalized spacial score (nSPS) is 21.9. The number of nitrogen functional groups attached to an aromatic ring is 1. The van der Waals surface area contributed by atoms with Crippen molar-refractivity contribution >= 4 is 27.4 Å². The molecule has 1 saturated carbocycles. The van der Waals surface area contributed by atoms with Crippen molar-refractivity contribution in [3.63, 3.8) is 0 Å². The lowest BCUT2D eigenvalue weighted by Gasteiger charge is -2.03. The number of thiophene rings is 1. The summed E-state index contributed by atoms with van der Waals surface area (Å²) >= 11 is 1.74. The fourth-order valence-corrected chi connectivity index (χ4v) is 3.23. The molecule has 1 atom stereocenters. The second-order valence-electron chi connectivity index (χ2n) is 5.50. The maximum Gasteiger partial charge on any atom is 0.136 e. The molecule has 4 heteroatoms. The van der Waals surface area contributed by atoms with Crippen molar-refractivity contribution in [2.75, 3.05) is 5.73 Å². The molecule has 0 aromatic carbocycles. The molecule has 17 heavy (non-hydrogen) atoms. The third-order valence-corrected chi connectivity index (χ3v) is 4.84. The van der Waals surface area contributed by atoms with Gasteiger partial charge in [0.25, 0.3) is 0 Å². The van der Waals surface area contributed by atoms with Crippen molar-refractivity contribution in [1.29, 1.82) is 0 Å². The summed E-state index contributed by atoms with van der Waals surface area (Å²) in [6.45, 7) is 6.67. The SMILES string of the molecule is CCc1cc2c(N)nc(C3CC3(C)C)nc2s1. The lowest BCUT2D eigenvalue weighted by molar-refractivity contribution is 0.610. The molecule has 1 fully saturated rings. The average molecular weight is 247 g/mol. The molecule has 0 amide bonds. The topological polar surface area (TPSA) is 51.8 Å². The molecule has 2 aromatic heterocycles. The van der Waals surface area contributed by atoms with E-state index in [2.05, 4.69) is 36.8 Å². The van der Waals surface area contributed by atoms with E-state index in [1.165, 1.54) is 11.3 Å². The van der Waals surface area contributed by atoms with Crippen LogP contribution in [-0.4, -0.2) is 9.97 Å². The molecule has 3 nitrogen and oxygen atoms in total. The van der Waals surface area contributed by atoms with Crippen LogP contribution in [0.25, 0.3) is 10.2 Å². The number of hydrogen-bond donors (Lipinski definition) is 1. The summed E-state index contributed by atoms with van der Waals surface area (Å²) in [7, 11) is 0. The van der Waals surface area contributed by atoms with Crippen LogP contribution in [0, 0.1) is 5.41 Å². The number of aryl methyl sites for hydroxylation is 1. The zero-order chi connectivity index (χ0) is 12.2. The van der Waals surface area contributed by atoms with Crippen molar-refractivity contribution in [3.05, 3.63) is 16.8 Å². The van der Waals surface area contributed by atoms with Gasteiger partial charge in [-0.25, -0.2) is 9.97 Å². The predicted octanol–water partition coefficient (Wildman–Crippen LogP) is 3.35. The van der Waals surface area contributed by atoms with Crippen molar-refractivity contribution in [2.24, 2.45) is 5.41 Å². The number of aromatic nitrogens is 2. The standard InChI is InChI=1S/C13H17N3S/c1-4-7-5-8-10(14)15-11(16-12(8)17-7)9-6-13(9,2)3/h5,9H,4,6H2,1-3H3,(H2,14,15,16). The van der Waals surface area contributed by atoms with Gasteiger partial charge in [-0.15, -0.1) is 11.3 Å². The van der Waals surface area contributed by atoms with Crippen LogP contribution in [0.3, 0.4) is 0 Å². The Bertz CT molecular complexity index is 586. The Labute approximate surface area is 105 Å². The van der Waals surface area contributed by atoms with Crippen molar-refractivity contribution < 1.29 is 0 Å². The van der Waals surface area contributed by atoms with E-state index in [1.807, 2.05) is 0 Å². The summed E-state index contributed by atoms with van der Waals surface area (Å²) in [5.74, 6) is 2.06. The zero-order valence-corrected chi connectivity index (χ0v) is 11.3. The van der Waals surface area contributed by atoms with Gasteiger partial charge in [0.15, 0.2) is 0 Å². The zero-order valence-electron chi connectivity index (χ0n) is 10.4. The van der Waals surface area contributed by atoms with Crippen LogP contribution >= 0.6 is 11.3 Å². The van der Waals surface area contributed by atoms with Gasteiger partial charge in [0.05, 0.1) is 5.39 Å². The van der Waals surface area contributed by atoms with Gasteiger partial charge in [-0.1, -0.05) is 20.8 Å². The summed E-state index contributed by atoms with van der Waals surface area (Å²) in [4.78, 5) is 11.5. The second kappa shape index (κ2) is 3.42. The number of fused-ring (bicyclic) bond motifs is 1. The Morgan fingerprint density at radius 1 is 1.47 bits per heavy atom. The molecule has 0 spiro atoms. The predicted molar refractivity (Wildman–Crippen MR) is 72.3 cm³/mol. The second-order valence-corrected chi connectivity index (χ2v) is 6.61. The highest BCUT2D eigenvalue weighted by Gasteiger charge is 2.48. The Morgan fingerprint density at radius 2 is 2.18 bits per heavy atom. The molecule has 0 saturated heterocycles. The van der Waals surface area contributed by atoms with Crippen molar-refractivity contribution in [3.8, 4) is 0 Å². The molecule has 0 aliphatic heterocycles. The smallest absolute Gasteiger partial charge is 0.136 e. The molecule has 2 N–H and O–H groups in total. The highest BCUT2D eigenvalue weighted by Crippen LogP contribution is 2.57. The first-order valence-corrected chi connectivity index (χ1v) is 6.89. The molecule has 1 aliphatic carbocycles. The third-order valence-electron chi connectivity index (χ3n) is 3.66. The molecule has 2 heterocycles. The fraction of sp³-hybridized carbons (Fsp3) is 0.538. The van der Waals surface area contributed by atoms with Gasteiger partial charge in [0.2, 0.25) is 0 Å². The summed E-state index contributed by atoms with van der Waals surface area (Å²) in [5, 5.41) is 1.02. The molecule has 90 valence electrons. The molecule has 1 aliphatic rings. The highest BCUT2D eigenvalue weighted by molar-refractivity contribution is 7.18. The van der Waals surface area contributed by atoms with E-state index >= 15 is 0 Å².